The smallest absolute Gasteiger partial charge is 0.189 e. The monoisotopic (exact) mass is 503 g/mol. The molecule has 4 rings (SSSR count). The molecule has 5 N–H and O–H groups in total. The molecule has 1 fully saturated rings. The summed E-state index contributed by atoms with van der Waals surface area (Å²) in [7, 11) is 5.87. The number of rotatable bonds is 3. The zero-order valence-electron chi connectivity index (χ0n) is 20.6. The Kier molecular flexibility index (Phi) is 14.7. The second kappa shape index (κ2) is 16.9. The number of fused-ring (bicyclic) bond motifs is 1. The second-order valence-corrected chi connectivity index (χ2v) is 8.62. The summed E-state index contributed by atoms with van der Waals surface area (Å²) in [6, 6.07) is 17.7. The second-order valence-electron chi connectivity index (χ2n) is 7.28. The molecule has 0 amide bonds. The van der Waals surface area contributed by atoms with Crippen molar-refractivity contribution >= 4 is 41.8 Å². The number of anilines is 1. The fourth-order valence-corrected chi connectivity index (χ4v) is 2.87. The minimum Gasteiger partial charge on any atom is -0.469 e. The molecule has 2 aromatic rings. The zero-order chi connectivity index (χ0) is 25.3. The van der Waals surface area contributed by atoms with Crippen LogP contribution in [0.4, 0.5) is 11.4 Å². The molecule has 2 aliphatic rings. The van der Waals surface area contributed by atoms with Crippen molar-refractivity contribution < 1.29 is 9.47 Å². The fourth-order valence-electron chi connectivity index (χ4n) is 2.70. The molecule has 1 saturated heterocycles. The molecule has 0 bridgehead atoms. The topological polar surface area (TPSA) is 98.1 Å². The largest absolute Gasteiger partial charge is 0.469 e. The number of allylic oxidation sites excluding steroid dienone is 1. The summed E-state index contributed by atoms with van der Waals surface area (Å²) in [5, 5.41) is 0. The highest BCUT2D eigenvalue weighted by Crippen LogP contribution is 2.26. The summed E-state index contributed by atoms with van der Waals surface area (Å²) in [5.41, 5.74) is 13.8. The lowest BCUT2D eigenvalue weighted by atomic mass is 10.1. The van der Waals surface area contributed by atoms with Gasteiger partial charge in [0.25, 0.3) is 0 Å². The molecule has 1 heterocycles. The Morgan fingerprint density at radius 3 is 2.29 bits per heavy atom. The molecular formula is C25H37N5O2S2. The van der Waals surface area contributed by atoms with Crippen molar-refractivity contribution in [3.8, 4) is 0 Å². The van der Waals surface area contributed by atoms with E-state index >= 15 is 0 Å². The van der Waals surface area contributed by atoms with Crippen LogP contribution >= 0.6 is 24.6 Å². The Labute approximate surface area is 213 Å². The van der Waals surface area contributed by atoms with Crippen LogP contribution in [0.1, 0.15) is 13.3 Å². The minimum atomic E-state index is 0.132. The number of nitrogens with zero attached hydrogens (tertiary/aromatic N) is 2. The van der Waals surface area contributed by atoms with Crippen molar-refractivity contribution in [2.24, 2.45) is 16.5 Å². The predicted octanol–water partition coefficient (Wildman–Crippen LogP) is 4.71. The van der Waals surface area contributed by atoms with Gasteiger partial charge >= 0.3 is 0 Å². The van der Waals surface area contributed by atoms with Crippen LogP contribution in [-0.4, -0.2) is 46.1 Å². The molecule has 34 heavy (non-hydrogen) atoms. The summed E-state index contributed by atoms with van der Waals surface area (Å²) in [6.07, 6.45) is 6.73. The van der Waals surface area contributed by atoms with Gasteiger partial charge in [-0.2, -0.15) is 0 Å². The maximum absolute atomic E-state index is 5.54. The predicted molar refractivity (Wildman–Crippen MR) is 150 cm³/mol. The van der Waals surface area contributed by atoms with E-state index in [2.05, 4.69) is 22.3 Å². The quantitative estimate of drug-likeness (QED) is 0.208. The zero-order valence-corrected chi connectivity index (χ0v) is 22.3. The van der Waals surface area contributed by atoms with Crippen LogP contribution < -0.4 is 21.1 Å². The average molecular weight is 504 g/mol. The molecule has 2 aromatic carbocycles. The van der Waals surface area contributed by atoms with Gasteiger partial charge in [0.2, 0.25) is 0 Å². The van der Waals surface area contributed by atoms with Crippen molar-refractivity contribution in [3.05, 3.63) is 78.2 Å². The van der Waals surface area contributed by atoms with Gasteiger partial charge in [-0.1, -0.05) is 48.4 Å². The Balaban J connectivity index is 0.000000244. The molecule has 9 heteroatoms. The first-order chi connectivity index (χ1) is 16.3. The molecule has 1 unspecified atom stereocenters. The van der Waals surface area contributed by atoms with E-state index in [1.54, 1.807) is 18.9 Å². The Morgan fingerprint density at radius 1 is 1.15 bits per heavy atom. The lowest BCUT2D eigenvalue weighted by Gasteiger charge is -2.14. The number of hydrogen-bond acceptors (Lipinski definition) is 8. The van der Waals surface area contributed by atoms with Crippen molar-refractivity contribution in [2.45, 2.75) is 24.3 Å². The Morgan fingerprint density at radius 2 is 1.76 bits per heavy atom. The van der Waals surface area contributed by atoms with E-state index in [-0.39, 0.29) is 6.10 Å². The Hall–Kier alpha value is -2.59. The van der Waals surface area contributed by atoms with E-state index in [9.17, 15) is 0 Å². The van der Waals surface area contributed by atoms with Gasteiger partial charge in [-0.3, -0.25) is 4.72 Å². The number of para-hydroxylation sites is 2. The molecule has 0 aromatic heterocycles. The number of amidine groups is 1. The summed E-state index contributed by atoms with van der Waals surface area (Å²) in [4.78, 5) is 7.27. The molecule has 7 nitrogen and oxygen atoms in total. The molecular weight excluding hydrogens is 466 g/mol. The van der Waals surface area contributed by atoms with Gasteiger partial charge in [-0.15, -0.1) is 12.6 Å². The van der Waals surface area contributed by atoms with Crippen molar-refractivity contribution in [2.75, 3.05) is 39.1 Å². The highest BCUT2D eigenvalue weighted by Gasteiger charge is 2.24. The van der Waals surface area contributed by atoms with Crippen LogP contribution in [0.5, 0.6) is 0 Å². The van der Waals surface area contributed by atoms with Gasteiger partial charge in [0, 0.05) is 37.2 Å². The van der Waals surface area contributed by atoms with Gasteiger partial charge in [0.15, 0.2) is 6.79 Å². The average Bonchev–Trinajstić information content (AvgIpc) is 3.28. The minimum absolute atomic E-state index is 0.132. The highest BCUT2D eigenvalue weighted by molar-refractivity contribution is 7.96. The standard InChI is InChI=1S/C10H15N3.C7H9NO2.C6H6S.C2H7NS/c1-8(11)12-9-6-4-5-7-10(9)13(2)3;8-5-1-2-6-7(3-5)10-4-9-6;7-6-4-2-1-3-5-6;1-3-4-2/h4-7H,1-3H3,(H2,11,12);1,3,6H,2,4,8H2;1-5,7H;3H,1-2H3. The van der Waals surface area contributed by atoms with Crippen molar-refractivity contribution in [1.82, 2.24) is 4.72 Å². The summed E-state index contributed by atoms with van der Waals surface area (Å²) >= 11 is 5.69. The number of nitrogens with two attached hydrogens (primary N) is 2. The third kappa shape index (κ3) is 12.0. The molecule has 0 spiro atoms. The molecule has 0 radical (unpaired) electrons. The summed E-state index contributed by atoms with van der Waals surface area (Å²) in [6.45, 7) is 2.16. The van der Waals surface area contributed by atoms with Crippen LogP contribution in [0.15, 0.2) is 88.1 Å². The van der Waals surface area contributed by atoms with E-state index in [1.807, 2.05) is 99.0 Å². The van der Waals surface area contributed by atoms with Crippen LogP contribution in [0.3, 0.4) is 0 Å². The maximum Gasteiger partial charge on any atom is 0.189 e. The van der Waals surface area contributed by atoms with Gasteiger partial charge in [0.1, 0.15) is 11.9 Å². The lowest BCUT2D eigenvalue weighted by molar-refractivity contribution is 0.0509. The number of thiol groups is 1. The number of aliphatic imine (C=N–C) groups is 1. The normalized spacial score (nSPS) is 15.9. The van der Waals surface area contributed by atoms with E-state index in [0.29, 0.717) is 12.6 Å². The molecule has 186 valence electrons. The first-order valence-electron chi connectivity index (χ1n) is 10.7. The summed E-state index contributed by atoms with van der Waals surface area (Å²) < 4.78 is 13.2. The number of benzene rings is 2. The maximum atomic E-state index is 5.54. The van der Waals surface area contributed by atoms with Gasteiger partial charge in [-0.05, 0) is 44.5 Å². The fraction of sp³-hybridized carbons (Fsp3) is 0.320. The molecule has 0 saturated carbocycles. The van der Waals surface area contributed by atoms with E-state index in [4.69, 9.17) is 20.9 Å². The SMILES string of the molecule is CC(N)=Nc1ccccc1N(C)C.CNSC.NC1=CCC2OCOC2=C1.Sc1ccccc1. The first-order valence-corrected chi connectivity index (χ1v) is 12.4. The van der Waals surface area contributed by atoms with Crippen molar-refractivity contribution in [3.63, 3.8) is 0 Å². The van der Waals surface area contributed by atoms with E-state index < -0.39 is 0 Å². The third-order valence-corrected chi connectivity index (χ3v) is 5.02. The van der Waals surface area contributed by atoms with Gasteiger partial charge < -0.3 is 25.8 Å². The van der Waals surface area contributed by atoms with Crippen LogP contribution in [0.2, 0.25) is 0 Å². The van der Waals surface area contributed by atoms with Crippen LogP contribution in [0.25, 0.3) is 0 Å². The van der Waals surface area contributed by atoms with Crippen LogP contribution in [-0.2, 0) is 9.47 Å². The number of hydrogen-bond donors (Lipinski definition) is 4. The summed E-state index contributed by atoms with van der Waals surface area (Å²) in [5.74, 6) is 1.45. The van der Waals surface area contributed by atoms with Crippen molar-refractivity contribution in [1.29, 1.82) is 0 Å². The third-order valence-electron chi connectivity index (χ3n) is 4.31. The van der Waals surface area contributed by atoms with E-state index in [0.717, 1.165) is 34.1 Å². The number of nitrogens with one attached hydrogen (secondary N) is 1. The first kappa shape index (κ1) is 29.4. The molecule has 1 aliphatic carbocycles. The van der Waals surface area contributed by atoms with Gasteiger partial charge in [0.05, 0.1) is 17.2 Å². The molecule has 1 aliphatic heterocycles. The van der Waals surface area contributed by atoms with Crippen LogP contribution in [0, 0.1) is 0 Å². The van der Waals surface area contributed by atoms with E-state index in [1.165, 1.54) is 0 Å². The Bertz CT molecular complexity index is 928. The number of ether oxygens (including phenoxy) is 2. The van der Waals surface area contributed by atoms with Gasteiger partial charge in [-0.25, -0.2) is 4.99 Å². The highest BCUT2D eigenvalue weighted by atomic mass is 32.2. The lowest BCUT2D eigenvalue weighted by Crippen LogP contribution is -2.12. The molecule has 1 atom stereocenters.